The molecular formula is C8H8N2SZn. The molecule has 1 N–H and O–H groups in total. The fourth-order valence-corrected chi connectivity index (χ4v) is 1.48. The zero-order chi connectivity index (χ0) is 7.68. The normalized spacial score (nSPS) is 9.75. The Labute approximate surface area is 87.9 Å². The minimum absolute atomic E-state index is 0. The van der Waals surface area contributed by atoms with E-state index < -0.39 is 0 Å². The maximum atomic E-state index is 4.13. The fraction of sp³-hybridized carbons (Fsp3) is 0.125. The Morgan fingerprint density at radius 2 is 2.25 bits per heavy atom. The van der Waals surface area contributed by atoms with Gasteiger partial charge in [-0.3, -0.25) is 0 Å². The molecule has 1 heterocycles. The molecule has 0 radical (unpaired) electrons. The first-order chi connectivity index (χ1) is 5.40. The molecule has 0 aliphatic heterocycles. The third-order valence-corrected chi connectivity index (χ3v) is 2.35. The molecule has 2 rings (SSSR count). The Balaban J connectivity index is 0.000000720. The van der Waals surface area contributed by atoms with Crippen LogP contribution in [0.2, 0.25) is 0 Å². The van der Waals surface area contributed by atoms with Crippen LogP contribution in [0.15, 0.2) is 29.4 Å². The van der Waals surface area contributed by atoms with Gasteiger partial charge in [0.1, 0.15) is 0 Å². The molecule has 4 heteroatoms. The largest absolute Gasteiger partial charge is 0.345 e. The molecule has 0 amide bonds. The van der Waals surface area contributed by atoms with E-state index in [2.05, 4.69) is 28.4 Å². The van der Waals surface area contributed by atoms with E-state index in [0.717, 1.165) is 11.0 Å². The topological polar surface area (TPSA) is 28.7 Å². The molecule has 0 spiro atoms. The predicted molar refractivity (Wildman–Crippen MR) is 47.9 cm³/mol. The summed E-state index contributed by atoms with van der Waals surface area (Å²) < 4.78 is 0. The number of fused-ring (bicyclic) bond motifs is 1. The first-order valence-corrected chi connectivity index (χ1v) is 4.60. The summed E-state index contributed by atoms with van der Waals surface area (Å²) in [4.78, 5) is 8.46. The van der Waals surface area contributed by atoms with E-state index in [-0.39, 0.29) is 19.5 Å². The van der Waals surface area contributed by atoms with E-state index >= 15 is 0 Å². The Bertz CT molecular complexity index is 372. The van der Waals surface area contributed by atoms with Crippen molar-refractivity contribution in [2.24, 2.45) is 0 Å². The average molecular weight is 230 g/mol. The molecular weight excluding hydrogens is 222 g/mol. The van der Waals surface area contributed by atoms with Crippen molar-refractivity contribution in [1.29, 1.82) is 0 Å². The van der Waals surface area contributed by atoms with Gasteiger partial charge in [-0.1, -0.05) is 0 Å². The second-order valence-corrected chi connectivity index (χ2v) is 3.17. The Morgan fingerprint density at radius 3 is 3.00 bits per heavy atom. The molecule has 0 fully saturated rings. The van der Waals surface area contributed by atoms with Crippen molar-refractivity contribution in [3.8, 4) is 0 Å². The van der Waals surface area contributed by atoms with E-state index in [1.54, 1.807) is 18.1 Å². The fourth-order valence-electron chi connectivity index (χ4n) is 1.04. The summed E-state index contributed by atoms with van der Waals surface area (Å²) in [7, 11) is 0. The second-order valence-electron chi connectivity index (χ2n) is 2.29. The van der Waals surface area contributed by atoms with E-state index in [4.69, 9.17) is 0 Å². The molecule has 0 unspecified atom stereocenters. The van der Waals surface area contributed by atoms with Crippen LogP contribution >= 0.6 is 11.8 Å². The van der Waals surface area contributed by atoms with Crippen molar-refractivity contribution in [3.05, 3.63) is 24.5 Å². The van der Waals surface area contributed by atoms with Crippen LogP contribution < -0.4 is 0 Å². The van der Waals surface area contributed by atoms with Gasteiger partial charge in [0.15, 0.2) is 0 Å². The van der Waals surface area contributed by atoms with Crippen molar-refractivity contribution < 1.29 is 19.5 Å². The number of hydrogen-bond donors (Lipinski definition) is 1. The van der Waals surface area contributed by atoms with Gasteiger partial charge < -0.3 is 4.98 Å². The summed E-state index contributed by atoms with van der Waals surface area (Å²) in [5.74, 6) is 0. The second kappa shape index (κ2) is 4.06. The number of thioether (sulfide) groups is 1. The summed E-state index contributed by atoms with van der Waals surface area (Å²) in [5.41, 5.74) is 2.14. The van der Waals surface area contributed by atoms with Gasteiger partial charge in [0.2, 0.25) is 0 Å². The number of benzene rings is 1. The van der Waals surface area contributed by atoms with Crippen molar-refractivity contribution in [3.63, 3.8) is 0 Å². The smallest absolute Gasteiger partial charge is 0.0931 e. The van der Waals surface area contributed by atoms with Gasteiger partial charge >= 0.3 is 0 Å². The molecule has 2 nitrogen and oxygen atoms in total. The third kappa shape index (κ3) is 1.70. The van der Waals surface area contributed by atoms with Gasteiger partial charge in [0, 0.05) is 24.4 Å². The van der Waals surface area contributed by atoms with E-state index in [9.17, 15) is 0 Å². The predicted octanol–water partition coefficient (Wildman–Crippen LogP) is 2.28. The van der Waals surface area contributed by atoms with Crippen molar-refractivity contribution in [2.75, 3.05) is 6.26 Å². The van der Waals surface area contributed by atoms with Crippen LogP contribution in [0.1, 0.15) is 0 Å². The minimum atomic E-state index is 0. The molecule has 0 saturated heterocycles. The van der Waals surface area contributed by atoms with E-state index in [0.29, 0.717) is 0 Å². The first-order valence-electron chi connectivity index (χ1n) is 3.37. The summed E-state index contributed by atoms with van der Waals surface area (Å²) in [6.07, 6.45) is 3.78. The van der Waals surface area contributed by atoms with Gasteiger partial charge in [0.05, 0.1) is 17.4 Å². The number of rotatable bonds is 1. The number of nitrogens with one attached hydrogen (secondary N) is 1. The molecule has 12 heavy (non-hydrogen) atoms. The van der Waals surface area contributed by atoms with Gasteiger partial charge in [0.25, 0.3) is 0 Å². The van der Waals surface area contributed by atoms with Crippen LogP contribution in [0.5, 0.6) is 0 Å². The summed E-state index contributed by atoms with van der Waals surface area (Å²) in [6, 6.07) is 6.21. The molecule has 0 aliphatic carbocycles. The molecule has 0 bridgehead atoms. The molecule has 0 aliphatic rings. The first kappa shape index (κ1) is 9.75. The van der Waals surface area contributed by atoms with Crippen LogP contribution in [0, 0.1) is 0 Å². The molecule has 0 atom stereocenters. The van der Waals surface area contributed by atoms with Crippen molar-refractivity contribution >= 4 is 22.8 Å². The van der Waals surface area contributed by atoms with Crippen LogP contribution in [-0.4, -0.2) is 16.2 Å². The van der Waals surface area contributed by atoms with Gasteiger partial charge in [-0.2, -0.15) is 0 Å². The van der Waals surface area contributed by atoms with Crippen molar-refractivity contribution in [2.45, 2.75) is 4.90 Å². The third-order valence-electron chi connectivity index (χ3n) is 1.63. The van der Waals surface area contributed by atoms with Gasteiger partial charge in [-0.05, 0) is 24.5 Å². The van der Waals surface area contributed by atoms with Crippen molar-refractivity contribution in [1.82, 2.24) is 9.97 Å². The van der Waals surface area contributed by atoms with E-state index in [1.165, 1.54) is 4.90 Å². The Morgan fingerprint density at radius 1 is 1.42 bits per heavy atom. The Kier molecular flexibility index (Phi) is 3.30. The quantitative estimate of drug-likeness (QED) is 0.600. The summed E-state index contributed by atoms with van der Waals surface area (Å²) >= 11 is 1.74. The van der Waals surface area contributed by atoms with Crippen LogP contribution in [-0.2, 0) is 19.5 Å². The van der Waals surface area contributed by atoms with E-state index in [1.807, 2.05) is 6.07 Å². The maximum Gasteiger partial charge on any atom is 0.0931 e. The standard InChI is InChI=1S/C8H8N2S.Zn/c1-11-6-2-3-7-8(4-6)10-5-9-7;/h2-5H,1H3,(H,9,10);. The van der Waals surface area contributed by atoms with Crippen LogP contribution in [0.4, 0.5) is 0 Å². The maximum absolute atomic E-state index is 4.13. The zero-order valence-corrected chi connectivity index (χ0v) is 10.7. The Hall–Kier alpha value is -0.337. The monoisotopic (exact) mass is 228 g/mol. The minimum Gasteiger partial charge on any atom is -0.345 e. The average Bonchev–Trinajstić information content (AvgIpc) is 2.50. The summed E-state index contributed by atoms with van der Waals surface area (Å²) in [5, 5.41) is 0. The number of nitrogens with zero attached hydrogens (tertiary/aromatic N) is 1. The van der Waals surface area contributed by atoms with Gasteiger partial charge in [-0.15, -0.1) is 11.8 Å². The molecule has 0 saturated carbocycles. The number of hydrogen-bond acceptors (Lipinski definition) is 2. The zero-order valence-electron chi connectivity index (χ0n) is 6.87. The summed E-state index contributed by atoms with van der Waals surface area (Å²) in [6.45, 7) is 0. The number of imidazole rings is 1. The number of aromatic amines is 1. The van der Waals surface area contributed by atoms with Gasteiger partial charge in [-0.25, -0.2) is 4.98 Å². The molecule has 1 aromatic heterocycles. The molecule has 1 aromatic carbocycles. The number of aromatic nitrogens is 2. The molecule has 58 valence electrons. The van der Waals surface area contributed by atoms with Crippen LogP contribution in [0.3, 0.4) is 0 Å². The van der Waals surface area contributed by atoms with Crippen LogP contribution in [0.25, 0.3) is 11.0 Å². The molecule has 2 aromatic rings. The SMILES string of the molecule is CSc1ccc2nc[nH]c2c1.[Zn]. The number of H-pyrrole nitrogens is 1.